The summed E-state index contributed by atoms with van der Waals surface area (Å²) in [6, 6.07) is 1.23. The molecule has 5 amide bonds. The van der Waals surface area contributed by atoms with Crippen molar-refractivity contribution in [3.63, 3.8) is 0 Å². The van der Waals surface area contributed by atoms with Crippen molar-refractivity contribution in [3.05, 3.63) is 0 Å². The van der Waals surface area contributed by atoms with Gasteiger partial charge in [0.25, 0.3) is 0 Å². The maximum atomic E-state index is 13.0. The highest BCUT2D eigenvalue weighted by Gasteiger charge is 2.37. The summed E-state index contributed by atoms with van der Waals surface area (Å²) in [7, 11) is 0. The van der Waals surface area contributed by atoms with E-state index >= 15 is 0 Å². The number of carbonyl (C=O) groups excluding carboxylic acids is 8. The van der Waals surface area contributed by atoms with E-state index in [0.29, 0.717) is 38.6 Å². The summed E-state index contributed by atoms with van der Waals surface area (Å²) in [4.78, 5) is 99.0. The van der Waals surface area contributed by atoms with Crippen LogP contribution in [0.25, 0.3) is 0 Å². The smallest absolute Gasteiger partial charge is 0.224 e. The third-order valence-electron chi connectivity index (χ3n) is 11.0. The minimum atomic E-state index is -0.787. The molecule has 61 heavy (non-hydrogen) atoms. The molecule has 0 aromatic heterocycles. The van der Waals surface area contributed by atoms with Crippen LogP contribution in [0.2, 0.25) is 0 Å². The molecule has 342 valence electrons. The minimum absolute atomic E-state index is 0.00720. The number of nitrogens with zero attached hydrogens (tertiary/aromatic N) is 2. The van der Waals surface area contributed by atoms with Gasteiger partial charge in [-0.05, 0) is 67.6 Å². The van der Waals surface area contributed by atoms with Gasteiger partial charge in [0.2, 0.25) is 29.5 Å². The Morgan fingerprint density at radius 3 is 1.38 bits per heavy atom. The first-order chi connectivity index (χ1) is 28.2. The fraction of sp³-hybridized carbons (Fsp3) is 0.783. The van der Waals surface area contributed by atoms with Crippen LogP contribution in [0.1, 0.15) is 154 Å². The lowest BCUT2D eigenvalue weighted by Gasteiger charge is -2.31. The van der Waals surface area contributed by atoms with E-state index in [1.807, 2.05) is 69.2 Å². The van der Waals surface area contributed by atoms with Crippen LogP contribution >= 0.6 is 0 Å². The Labute approximate surface area is 364 Å². The first-order valence-corrected chi connectivity index (χ1v) is 22.0. The van der Waals surface area contributed by atoms with Crippen LogP contribution in [0.3, 0.4) is 0 Å². The molecule has 1 heterocycles. The van der Waals surface area contributed by atoms with Crippen LogP contribution in [0.15, 0.2) is 0 Å². The highest BCUT2D eigenvalue weighted by molar-refractivity contribution is 5.94. The standard InChI is InChI=1S/C24H39N3O4.C22H36N4O4/c1-15(2)11-18(13-21(30)22(24(4,5)6)26-16(3)28)23(31)27-19(14-25)12-17-9-7-8-10-20(17)29;1-13(2)9-16(11-18(28)19(22(4,5)6)25-14(3)27)21(30)26-17(12-23)10-15-7-8-24-20(15)29/h15,17-19,22H,7-13H2,1-6H3,(H,26,28)(H,27,31);13,15-17,19H,7-11H2,1-6H3,(H,24,29)(H,25,27)(H,26,30)/t17-,18+,19-,22+;15-,16+,17-,19+/m00/s1. The Bertz CT molecular complexity index is 1630. The highest BCUT2D eigenvalue weighted by Crippen LogP contribution is 2.28. The van der Waals surface area contributed by atoms with E-state index in [1.54, 1.807) is 0 Å². The number of hydrogen-bond donors (Lipinski definition) is 5. The van der Waals surface area contributed by atoms with Gasteiger partial charge in [-0.3, -0.25) is 38.4 Å². The Balaban J connectivity index is 0.000000610. The van der Waals surface area contributed by atoms with Crippen LogP contribution in [0.5, 0.6) is 0 Å². The minimum Gasteiger partial charge on any atom is -0.356 e. The number of amides is 5. The number of Topliss-reactive ketones (excluding diaryl/α,β-unsaturated/α-hetero) is 3. The van der Waals surface area contributed by atoms with Crippen LogP contribution in [-0.4, -0.2) is 77.6 Å². The predicted molar refractivity (Wildman–Crippen MR) is 232 cm³/mol. The average molecular weight is 854 g/mol. The molecular weight excluding hydrogens is 779 g/mol. The van der Waals surface area contributed by atoms with Crippen molar-refractivity contribution in [1.82, 2.24) is 26.6 Å². The van der Waals surface area contributed by atoms with Crippen molar-refractivity contribution in [1.29, 1.82) is 10.5 Å². The van der Waals surface area contributed by atoms with Crippen LogP contribution in [0.4, 0.5) is 0 Å². The quantitative estimate of drug-likeness (QED) is 0.110. The van der Waals surface area contributed by atoms with Gasteiger partial charge >= 0.3 is 0 Å². The molecule has 1 aliphatic heterocycles. The number of carbonyl (C=O) groups is 8. The average Bonchev–Trinajstić information content (AvgIpc) is 3.54. The van der Waals surface area contributed by atoms with Crippen molar-refractivity contribution in [2.45, 2.75) is 178 Å². The molecular formula is C46H75N7O8. The molecule has 0 spiro atoms. The van der Waals surface area contributed by atoms with Crippen molar-refractivity contribution >= 4 is 46.9 Å². The Kier molecular flexibility index (Phi) is 22.6. The third-order valence-corrected chi connectivity index (χ3v) is 11.0. The molecule has 15 nitrogen and oxygen atoms in total. The molecule has 1 aliphatic carbocycles. The van der Waals surface area contributed by atoms with E-state index in [1.165, 1.54) is 13.8 Å². The van der Waals surface area contributed by atoms with Gasteiger partial charge in [0, 0.05) is 63.3 Å². The SMILES string of the molecule is CC(=O)N[C@H](C(=O)C[C@@H](CC(C)C)C(=O)N[C@H](C#N)C[C@@H]1CCCCC1=O)C(C)(C)C.CC(=O)N[C@H](C(=O)C[C@@H](CC(C)C)C(=O)N[C@H](C#N)C[C@@H]1CCNC1=O)C(C)(C)C. The van der Waals surface area contributed by atoms with Gasteiger partial charge in [0.15, 0.2) is 11.6 Å². The summed E-state index contributed by atoms with van der Waals surface area (Å²) in [5.74, 6) is -2.95. The van der Waals surface area contributed by atoms with Crippen molar-refractivity contribution in [3.8, 4) is 12.1 Å². The fourth-order valence-electron chi connectivity index (χ4n) is 8.00. The molecule has 2 rings (SSSR count). The molecule has 5 N–H and O–H groups in total. The fourth-order valence-corrected chi connectivity index (χ4v) is 8.00. The zero-order valence-electron chi connectivity index (χ0n) is 38.9. The van der Waals surface area contributed by atoms with Gasteiger partial charge in [-0.25, -0.2) is 0 Å². The summed E-state index contributed by atoms with van der Waals surface area (Å²) in [6.07, 6.45) is 5.32. The van der Waals surface area contributed by atoms with Gasteiger partial charge in [-0.15, -0.1) is 0 Å². The summed E-state index contributed by atoms with van der Waals surface area (Å²) < 4.78 is 0. The van der Waals surface area contributed by atoms with E-state index in [2.05, 4.69) is 38.7 Å². The first-order valence-electron chi connectivity index (χ1n) is 22.0. The lowest BCUT2D eigenvalue weighted by Crippen LogP contribution is -2.50. The highest BCUT2D eigenvalue weighted by atomic mass is 16.2. The Morgan fingerprint density at radius 1 is 0.656 bits per heavy atom. The van der Waals surface area contributed by atoms with Gasteiger partial charge in [0.05, 0.1) is 24.2 Å². The lowest BCUT2D eigenvalue weighted by atomic mass is 9.80. The maximum Gasteiger partial charge on any atom is 0.224 e. The molecule has 2 fully saturated rings. The number of nitrogens with one attached hydrogen (secondary N) is 5. The predicted octanol–water partition coefficient (Wildman–Crippen LogP) is 5.01. The zero-order chi connectivity index (χ0) is 46.8. The van der Waals surface area contributed by atoms with Crippen LogP contribution in [-0.2, 0) is 38.4 Å². The maximum absolute atomic E-state index is 13.0. The second-order valence-electron chi connectivity index (χ2n) is 20.0. The number of nitriles is 2. The Morgan fingerprint density at radius 2 is 1.07 bits per heavy atom. The van der Waals surface area contributed by atoms with Crippen molar-refractivity contribution in [2.24, 2.45) is 46.3 Å². The summed E-state index contributed by atoms with van der Waals surface area (Å²) in [5.41, 5.74) is -0.981. The van der Waals surface area contributed by atoms with Crippen LogP contribution < -0.4 is 26.6 Å². The molecule has 1 saturated carbocycles. The summed E-state index contributed by atoms with van der Waals surface area (Å²) in [5, 5.41) is 32.6. The molecule has 0 aromatic rings. The third kappa shape index (κ3) is 20.2. The summed E-state index contributed by atoms with van der Waals surface area (Å²) in [6.45, 7) is 22.4. The number of ketones is 3. The van der Waals surface area contributed by atoms with Gasteiger partial charge < -0.3 is 26.6 Å². The molecule has 2 aliphatic rings. The first kappa shape index (κ1) is 54.4. The molecule has 0 bridgehead atoms. The lowest BCUT2D eigenvalue weighted by molar-refractivity contribution is -0.134. The topological polar surface area (TPSA) is 244 Å². The van der Waals surface area contributed by atoms with Crippen molar-refractivity contribution in [2.75, 3.05) is 6.54 Å². The van der Waals surface area contributed by atoms with Gasteiger partial charge in [0.1, 0.15) is 17.9 Å². The molecule has 0 radical (unpaired) electrons. The van der Waals surface area contributed by atoms with E-state index in [9.17, 15) is 48.9 Å². The van der Waals surface area contributed by atoms with Gasteiger partial charge in [-0.2, -0.15) is 10.5 Å². The molecule has 0 aromatic carbocycles. The van der Waals surface area contributed by atoms with E-state index in [-0.39, 0.29) is 89.8 Å². The monoisotopic (exact) mass is 854 g/mol. The number of rotatable bonds is 20. The zero-order valence-corrected chi connectivity index (χ0v) is 38.9. The second kappa shape index (κ2) is 25.3. The summed E-state index contributed by atoms with van der Waals surface area (Å²) >= 11 is 0. The molecule has 15 heteroatoms. The van der Waals surface area contributed by atoms with E-state index in [4.69, 9.17) is 0 Å². The van der Waals surface area contributed by atoms with Crippen LogP contribution in [0, 0.1) is 69.0 Å². The second-order valence-corrected chi connectivity index (χ2v) is 20.0. The number of hydrogen-bond acceptors (Lipinski definition) is 10. The van der Waals surface area contributed by atoms with Gasteiger partial charge in [-0.1, -0.05) is 75.7 Å². The Hall–Kier alpha value is -4.66. The molecule has 0 unspecified atom stereocenters. The largest absolute Gasteiger partial charge is 0.356 e. The van der Waals surface area contributed by atoms with E-state index in [0.717, 1.165) is 19.3 Å². The molecule has 1 saturated heterocycles. The molecule has 8 atom stereocenters. The van der Waals surface area contributed by atoms with E-state index < -0.39 is 46.8 Å². The van der Waals surface area contributed by atoms with Crippen molar-refractivity contribution < 1.29 is 38.4 Å². The normalized spacial score (nSPS) is 19.6.